The fraction of sp³-hybridized carbons (Fsp3) is 0.556. The number of para-hydroxylation sites is 2. The van der Waals surface area contributed by atoms with Crippen LogP contribution in [-0.4, -0.2) is 63.7 Å². The standard InChI is InChI=1S/C18H22F2N4O2S/c19-17(20)24-14-5-2-1-4-13(14)23(18(24)27)12-22-7-3-6-15(22)16(25)21-8-10-26-11-9-21/h1-2,4-5,15,17H,3,6-12H2/t15-/m0/s1. The van der Waals surface area contributed by atoms with E-state index in [1.54, 1.807) is 22.8 Å². The van der Waals surface area contributed by atoms with Crippen LogP contribution in [0.4, 0.5) is 8.78 Å². The number of halogens is 2. The molecule has 0 N–H and O–H groups in total. The van der Waals surface area contributed by atoms with Gasteiger partial charge in [-0.25, -0.2) is 0 Å². The molecule has 0 spiro atoms. The number of fused-ring (bicyclic) bond motifs is 1. The minimum absolute atomic E-state index is 0.0793. The molecular weight excluding hydrogens is 374 g/mol. The molecule has 6 nitrogen and oxygen atoms in total. The number of morpholine rings is 1. The van der Waals surface area contributed by atoms with Crippen molar-refractivity contribution >= 4 is 29.2 Å². The van der Waals surface area contributed by atoms with Crippen molar-refractivity contribution in [2.75, 3.05) is 32.8 Å². The minimum atomic E-state index is -2.70. The Kier molecular flexibility index (Phi) is 5.25. The quantitative estimate of drug-likeness (QED) is 0.746. The number of aromatic nitrogens is 2. The lowest BCUT2D eigenvalue weighted by atomic mass is 10.2. The van der Waals surface area contributed by atoms with Gasteiger partial charge in [0.2, 0.25) is 5.91 Å². The first-order chi connectivity index (χ1) is 13.1. The number of benzene rings is 1. The summed E-state index contributed by atoms with van der Waals surface area (Å²) in [4.78, 5) is 16.8. The van der Waals surface area contributed by atoms with E-state index >= 15 is 0 Å². The largest absolute Gasteiger partial charge is 0.378 e. The van der Waals surface area contributed by atoms with Crippen LogP contribution in [-0.2, 0) is 16.2 Å². The smallest absolute Gasteiger partial charge is 0.321 e. The summed E-state index contributed by atoms with van der Waals surface area (Å²) in [5, 5.41) is 0. The summed E-state index contributed by atoms with van der Waals surface area (Å²) in [7, 11) is 0. The zero-order valence-corrected chi connectivity index (χ0v) is 15.7. The lowest BCUT2D eigenvalue weighted by Crippen LogP contribution is -2.49. The fourth-order valence-electron chi connectivity index (χ4n) is 4.01. The molecule has 1 aromatic carbocycles. The minimum Gasteiger partial charge on any atom is -0.378 e. The van der Waals surface area contributed by atoms with Crippen LogP contribution >= 0.6 is 12.2 Å². The molecule has 9 heteroatoms. The number of hydrogen-bond donors (Lipinski definition) is 0. The van der Waals surface area contributed by atoms with E-state index in [9.17, 15) is 13.6 Å². The number of hydrogen-bond acceptors (Lipinski definition) is 4. The third-order valence-electron chi connectivity index (χ3n) is 5.36. The Bertz CT molecular complexity index is 891. The fourth-order valence-corrected chi connectivity index (χ4v) is 4.34. The molecule has 0 bridgehead atoms. The highest BCUT2D eigenvalue weighted by atomic mass is 32.1. The molecule has 0 unspecified atom stereocenters. The van der Waals surface area contributed by atoms with E-state index in [2.05, 4.69) is 4.90 Å². The van der Waals surface area contributed by atoms with Gasteiger partial charge in [-0.1, -0.05) is 12.1 Å². The Hall–Kier alpha value is -1.84. The summed E-state index contributed by atoms with van der Waals surface area (Å²) in [5.41, 5.74) is 1.07. The predicted molar refractivity (Wildman–Crippen MR) is 99.1 cm³/mol. The number of likely N-dealkylation sites (tertiary alicyclic amines) is 1. The van der Waals surface area contributed by atoms with Crippen LogP contribution in [0.3, 0.4) is 0 Å². The lowest BCUT2D eigenvalue weighted by molar-refractivity contribution is -0.140. The summed E-state index contributed by atoms with van der Waals surface area (Å²) >= 11 is 5.34. The summed E-state index contributed by atoms with van der Waals surface area (Å²) in [6.45, 7) is 0.710. The van der Waals surface area contributed by atoms with Crippen LogP contribution < -0.4 is 0 Å². The van der Waals surface area contributed by atoms with Crippen molar-refractivity contribution in [1.29, 1.82) is 0 Å². The van der Waals surface area contributed by atoms with Gasteiger partial charge in [0.25, 0.3) is 0 Å². The molecule has 0 radical (unpaired) electrons. The van der Waals surface area contributed by atoms with Crippen LogP contribution in [0.5, 0.6) is 0 Å². The highest BCUT2D eigenvalue weighted by molar-refractivity contribution is 7.71. The van der Waals surface area contributed by atoms with Crippen LogP contribution in [0.2, 0.25) is 0 Å². The molecule has 2 aliphatic heterocycles. The molecule has 1 aromatic heterocycles. The van der Waals surface area contributed by atoms with E-state index in [-0.39, 0.29) is 16.7 Å². The van der Waals surface area contributed by atoms with Gasteiger partial charge in [-0.2, -0.15) is 8.78 Å². The van der Waals surface area contributed by atoms with Gasteiger partial charge >= 0.3 is 6.55 Å². The normalized spacial score (nSPS) is 21.4. The zero-order valence-electron chi connectivity index (χ0n) is 14.9. The second-order valence-electron chi connectivity index (χ2n) is 6.90. The van der Waals surface area contributed by atoms with Crippen molar-refractivity contribution in [1.82, 2.24) is 18.9 Å². The first-order valence-corrected chi connectivity index (χ1v) is 9.57. The topological polar surface area (TPSA) is 42.6 Å². The number of rotatable bonds is 4. The third kappa shape index (κ3) is 3.39. The summed E-state index contributed by atoms with van der Waals surface area (Å²) in [5.74, 6) is 0.0971. The number of carbonyl (C=O) groups is 1. The number of alkyl halides is 2. The molecule has 2 aromatic rings. The molecule has 0 aliphatic carbocycles. The first-order valence-electron chi connectivity index (χ1n) is 9.16. The van der Waals surface area contributed by atoms with Crippen LogP contribution in [0.15, 0.2) is 24.3 Å². The van der Waals surface area contributed by atoms with E-state index in [1.165, 1.54) is 0 Å². The van der Waals surface area contributed by atoms with E-state index in [4.69, 9.17) is 17.0 Å². The summed E-state index contributed by atoms with van der Waals surface area (Å²) < 4.78 is 35.0. The number of nitrogens with zero attached hydrogens (tertiary/aromatic N) is 4. The van der Waals surface area contributed by atoms with E-state index < -0.39 is 6.55 Å². The van der Waals surface area contributed by atoms with E-state index in [0.29, 0.717) is 44.0 Å². The van der Waals surface area contributed by atoms with Gasteiger partial charge in [-0.3, -0.25) is 14.3 Å². The van der Waals surface area contributed by atoms with E-state index in [0.717, 1.165) is 24.0 Å². The van der Waals surface area contributed by atoms with Crippen LogP contribution in [0.25, 0.3) is 11.0 Å². The SMILES string of the molecule is O=C([C@@H]1CCCN1Cn1c(=S)n(C(F)F)c2ccccc21)N1CCOCC1. The Balaban J connectivity index is 1.62. The lowest BCUT2D eigenvalue weighted by Gasteiger charge is -2.32. The van der Waals surface area contributed by atoms with Crippen LogP contribution in [0, 0.1) is 4.77 Å². The maximum atomic E-state index is 13.5. The van der Waals surface area contributed by atoms with Gasteiger partial charge in [0.15, 0.2) is 4.77 Å². The van der Waals surface area contributed by atoms with Crippen LogP contribution in [0.1, 0.15) is 19.4 Å². The average molecular weight is 396 g/mol. The molecule has 1 atom stereocenters. The van der Waals surface area contributed by atoms with Crippen molar-refractivity contribution in [2.24, 2.45) is 0 Å². The summed E-state index contributed by atoms with van der Waals surface area (Å²) in [6, 6.07) is 6.73. The molecule has 27 heavy (non-hydrogen) atoms. The summed E-state index contributed by atoms with van der Waals surface area (Å²) in [6.07, 6.45) is 1.68. The second-order valence-corrected chi connectivity index (χ2v) is 7.26. The van der Waals surface area contributed by atoms with Crippen molar-refractivity contribution in [3.63, 3.8) is 0 Å². The van der Waals surface area contributed by atoms with Gasteiger partial charge < -0.3 is 14.2 Å². The highest BCUT2D eigenvalue weighted by Crippen LogP contribution is 2.27. The van der Waals surface area contributed by atoms with E-state index in [1.807, 2.05) is 11.0 Å². The maximum absolute atomic E-state index is 13.5. The van der Waals surface area contributed by atoms with Gasteiger partial charge in [0.05, 0.1) is 37.0 Å². The van der Waals surface area contributed by atoms with Crippen molar-refractivity contribution in [3.8, 4) is 0 Å². The molecule has 146 valence electrons. The first kappa shape index (κ1) is 18.5. The molecule has 4 rings (SSSR count). The number of imidazole rings is 1. The maximum Gasteiger partial charge on any atom is 0.321 e. The Labute approximate surface area is 160 Å². The second kappa shape index (κ2) is 7.65. The Morgan fingerprint density at radius 3 is 2.59 bits per heavy atom. The monoisotopic (exact) mass is 396 g/mol. The molecule has 3 heterocycles. The molecule has 0 saturated carbocycles. The molecule has 2 aliphatic rings. The van der Waals surface area contributed by atoms with Gasteiger partial charge in [-0.15, -0.1) is 0 Å². The van der Waals surface area contributed by atoms with Gasteiger partial charge in [-0.05, 0) is 37.2 Å². The number of carbonyl (C=O) groups excluding carboxylic acids is 1. The predicted octanol–water partition coefficient (Wildman–Crippen LogP) is 2.85. The number of ether oxygens (including phenoxy) is 1. The Morgan fingerprint density at radius 1 is 1.19 bits per heavy atom. The van der Waals surface area contributed by atoms with Crippen molar-refractivity contribution in [2.45, 2.75) is 32.1 Å². The van der Waals surface area contributed by atoms with Crippen molar-refractivity contribution < 1.29 is 18.3 Å². The zero-order chi connectivity index (χ0) is 19.0. The third-order valence-corrected chi connectivity index (χ3v) is 5.78. The Morgan fingerprint density at radius 2 is 1.89 bits per heavy atom. The average Bonchev–Trinajstić information content (AvgIpc) is 3.25. The van der Waals surface area contributed by atoms with Crippen molar-refractivity contribution in [3.05, 3.63) is 29.0 Å². The molecule has 2 saturated heterocycles. The molecular formula is C18H22F2N4O2S. The number of amides is 1. The molecule has 1 amide bonds. The van der Waals surface area contributed by atoms with Gasteiger partial charge in [0.1, 0.15) is 0 Å². The van der Waals surface area contributed by atoms with Gasteiger partial charge in [0, 0.05) is 19.6 Å². The highest BCUT2D eigenvalue weighted by Gasteiger charge is 2.34. The molecule has 2 fully saturated rings.